The Labute approximate surface area is 253 Å². The number of nitrogens with zero attached hydrogens (tertiary/aromatic N) is 2. The van der Waals surface area contributed by atoms with E-state index in [-0.39, 0.29) is 23.1 Å². The van der Waals surface area contributed by atoms with Gasteiger partial charge in [-0.05, 0) is 86.2 Å². The maximum atomic E-state index is 14.4. The highest BCUT2D eigenvalue weighted by molar-refractivity contribution is 7.00. The van der Waals surface area contributed by atoms with E-state index < -0.39 is 0 Å². The van der Waals surface area contributed by atoms with Gasteiger partial charge in [0.1, 0.15) is 0 Å². The van der Waals surface area contributed by atoms with Crippen LogP contribution in [0.1, 0.15) is 52.7 Å². The van der Waals surface area contributed by atoms with Gasteiger partial charge in [-0.2, -0.15) is 0 Å². The number of hydrogen-bond donors (Lipinski definition) is 0. The van der Waals surface area contributed by atoms with Crippen molar-refractivity contribution >= 4 is 61.8 Å². The number of anilines is 3. The highest BCUT2D eigenvalue weighted by Gasteiger charge is 2.42. The van der Waals surface area contributed by atoms with Crippen LogP contribution in [-0.4, -0.2) is 11.3 Å². The average Bonchev–Trinajstić information content (AvgIpc) is 2.99. The van der Waals surface area contributed by atoms with E-state index in [2.05, 4.69) is 131 Å². The molecule has 0 fully saturated rings. The molecule has 0 bridgehead atoms. The number of hydrogen-bond acceptors (Lipinski definition) is 2. The summed E-state index contributed by atoms with van der Waals surface area (Å²) >= 11 is 0. The SMILES string of the molecule is CC(C)(C)c1ccc(N2c3ccccc3B3c4c2cccc4-n2c(=O)c4ccccc4c4cc(C(C)(C)C)cc3c42)cc1. The summed E-state index contributed by atoms with van der Waals surface area (Å²) in [5, 5.41) is 2.93. The minimum absolute atomic E-state index is 0.0119. The molecule has 2 aliphatic heterocycles. The maximum absolute atomic E-state index is 14.4. The lowest BCUT2D eigenvalue weighted by molar-refractivity contribution is 0.590. The van der Waals surface area contributed by atoms with Gasteiger partial charge in [0.05, 0.1) is 5.52 Å². The zero-order valence-corrected chi connectivity index (χ0v) is 25.7. The number of aromatic nitrogens is 1. The summed E-state index contributed by atoms with van der Waals surface area (Å²) in [6.45, 7) is 13.6. The Morgan fingerprint density at radius 1 is 0.558 bits per heavy atom. The molecule has 0 saturated heterocycles. The van der Waals surface area contributed by atoms with Crippen molar-refractivity contribution < 1.29 is 0 Å². The lowest BCUT2D eigenvalue weighted by atomic mass is 9.33. The van der Waals surface area contributed by atoms with Crippen LogP contribution in [-0.2, 0) is 10.8 Å². The fraction of sp³-hybridized carbons (Fsp3) is 0.205. The number of rotatable bonds is 1. The molecule has 43 heavy (non-hydrogen) atoms. The third-order valence-electron chi connectivity index (χ3n) is 9.50. The smallest absolute Gasteiger partial charge is 0.263 e. The van der Waals surface area contributed by atoms with Crippen molar-refractivity contribution in [2.45, 2.75) is 52.4 Å². The van der Waals surface area contributed by atoms with Crippen molar-refractivity contribution in [3.05, 3.63) is 125 Å². The Bertz CT molecular complexity index is 2180. The normalized spacial score (nSPS) is 13.8. The third-order valence-corrected chi connectivity index (χ3v) is 9.50. The zero-order valence-electron chi connectivity index (χ0n) is 25.7. The molecule has 3 heterocycles. The fourth-order valence-corrected chi connectivity index (χ4v) is 7.28. The molecular weight excluding hydrogens is 523 g/mol. The quantitative estimate of drug-likeness (QED) is 0.156. The molecule has 0 amide bonds. The molecule has 0 aliphatic carbocycles. The van der Waals surface area contributed by atoms with Gasteiger partial charge in [-0.1, -0.05) is 102 Å². The Hall–Kier alpha value is -4.57. The van der Waals surface area contributed by atoms with Crippen molar-refractivity contribution in [2.75, 3.05) is 4.90 Å². The molecule has 5 aromatic carbocycles. The van der Waals surface area contributed by atoms with E-state index in [0.717, 1.165) is 38.7 Å². The van der Waals surface area contributed by atoms with Gasteiger partial charge in [0.15, 0.2) is 0 Å². The van der Waals surface area contributed by atoms with Gasteiger partial charge < -0.3 is 4.90 Å². The van der Waals surface area contributed by atoms with Gasteiger partial charge in [0.2, 0.25) is 0 Å². The standard InChI is InChI=1S/C39H35BN2O/c1-38(2,3)24-18-20-26(21-19-24)41-32-15-10-9-14-30(32)40-31-23-25(39(4,5)6)22-29-27-12-7-8-13-28(27)37(43)42(36(29)31)34-17-11-16-33(41)35(34)40/h7-23H,1-6H3. The number of benzene rings is 5. The van der Waals surface area contributed by atoms with Crippen LogP contribution in [0.2, 0.25) is 0 Å². The molecular formula is C39H35BN2O. The molecule has 0 atom stereocenters. The van der Waals surface area contributed by atoms with E-state index in [1.54, 1.807) is 0 Å². The lowest BCUT2D eigenvalue weighted by Crippen LogP contribution is -2.61. The second-order valence-corrected chi connectivity index (χ2v) is 14.2. The molecule has 8 rings (SSSR count). The molecule has 4 heteroatoms. The van der Waals surface area contributed by atoms with Gasteiger partial charge >= 0.3 is 0 Å². The van der Waals surface area contributed by atoms with Crippen molar-refractivity contribution in [2.24, 2.45) is 0 Å². The molecule has 0 N–H and O–H groups in total. The topological polar surface area (TPSA) is 25.2 Å². The zero-order chi connectivity index (χ0) is 29.8. The van der Waals surface area contributed by atoms with Crippen molar-refractivity contribution in [1.29, 1.82) is 0 Å². The first-order valence-electron chi connectivity index (χ1n) is 15.3. The fourth-order valence-electron chi connectivity index (χ4n) is 7.28. The second-order valence-electron chi connectivity index (χ2n) is 14.2. The summed E-state index contributed by atoms with van der Waals surface area (Å²) in [7, 11) is 0. The molecule has 6 aromatic rings. The number of fused-ring (bicyclic) bond motifs is 6. The summed E-state index contributed by atoms with van der Waals surface area (Å²) in [6, 6.07) is 37.1. The van der Waals surface area contributed by atoms with Crippen LogP contribution in [0.3, 0.4) is 0 Å². The summed E-state index contributed by atoms with van der Waals surface area (Å²) in [4.78, 5) is 16.8. The van der Waals surface area contributed by atoms with Crippen molar-refractivity contribution in [3.63, 3.8) is 0 Å². The molecule has 1 aromatic heterocycles. The van der Waals surface area contributed by atoms with Crippen LogP contribution in [0.5, 0.6) is 0 Å². The first-order chi connectivity index (χ1) is 20.5. The van der Waals surface area contributed by atoms with Gasteiger partial charge in [0, 0.05) is 33.5 Å². The minimum Gasteiger partial charge on any atom is -0.311 e. The number of pyridine rings is 1. The van der Waals surface area contributed by atoms with Crippen LogP contribution < -0.4 is 26.8 Å². The monoisotopic (exact) mass is 558 g/mol. The van der Waals surface area contributed by atoms with Crippen LogP contribution in [0.15, 0.2) is 108 Å². The largest absolute Gasteiger partial charge is 0.311 e. The highest BCUT2D eigenvalue weighted by Crippen LogP contribution is 2.40. The van der Waals surface area contributed by atoms with Gasteiger partial charge in [-0.3, -0.25) is 9.36 Å². The van der Waals surface area contributed by atoms with Crippen LogP contribution >= 0.6 is 0 Å². The van der Waals surface area contributed by atoms with Crippen molar-refractivity contribution in [3.8, 4) is 5.69 Å². The predicted molar refractivity (Wildman–Crippen MR) is 184 cm³/mol. The van der Waals surface area contributed by atoms with Gasteiger partial charge in [-0.15, -0.1) is 0 Å². The molecule has 210 valence electrons. The maximum Gasteiger partial charge on any atom is 0.263 e. The van der Waals surface area contributed by atoms with Crippen LogP contribution in [0.4, 0.5) is 17.1 Å². The van der Waals surface area contributed by atoms with E-state index in [9.17, 15) is 4.79 Å². The van der Waals surface area contributed by atoms with E-state index >= 15 is 0 Å². The molecule has 0 saturated carbocycles. The molecule has 2 aliphatic rings. The summed E-state index contributed by atoms with van der Waals surface area (Å²) < 4.78 is 2.00. The Morgan fingerprint density at radius 3 is 1.91 bits per heavy atom. The van der Waals surface area contributed by atoms with E-state index in [1.165, 1.54) is 33.2 Å². The Kier molecular flexibility index (Phi) is 5.30. The first-order valence-corrected chi connectivity index (χ1v) is 15.3. The molecule has 0 unspecified atom stereocenters. The molecule has 0 radical (unpaired) electrons. The van der Waals surface area contributed by atoms with Crippen LogP contribution in [0.25, 0.3) is 27.4 Å². The van der Waals surface area contributed by atoms with E-state index in [4.69, 9.17) is 0 Å². The molecule has 0 spiro atoms. The molecule has 3 nitrogen and oxygen atoms in total. The van der Waals surface area contributed by atoms with Crippen molar-refractivity contribution in [1.82, 2.24) is 4.57 Å². The van der Waals surface area contributed by atoms with E-state index in [1.807, 2.05) is 22.8 Å². The van der Waals surface area contributed by atoms with Gasteiger partial charge in [-0.25, -0.2) is 0 Å². The summed E-state index contributed by atoms with van der Waals surface area (Å²) in [5.74, 6) is 0. The Balaban J connectivity index is 1.52. The minimum atomic E-state index is -0.0540. The predicted octanol–water partition coefficient (Wildman–Crippen LogP) is 7.35. The third kappa shape index (κ3) is 3.65. The summed E-state index contributed by atoms with van der Waals surface area (Å²) in [6.07, 6.45) is 0. The average molecular weight is 559 g/mol. The first kappa shape index (κ1) is 26.1. The Morgan fingerprint density at radius 2 is 1.19 bits per heavy atom. The summed E-state index contributed by atoms with van der Waals surface area (Å²) in [5.41, 5.74) is 11.8. The van der Waals surface area contributed by atoms with E-state index in [0.29, 0.717) is 0 Å². The lowest BCUT2D eigenvalue weighted by Gasteiger charge is -2.41. The highest BCUT2D eigenvalue weighted by atomic mass is 16.1. The van der Waals surface area contributed by atoms with Crippen LogP contribution in [0, 0.1) is 0 Å². The second kappa shape index (κ2) is 8.73. The van der Waals surface area contributed by atoms with Gasteiger partial charge in [0.25, 0.3) is 12.3 Å². The number of para-hydroxylation sites is 1.